The van der Waals surface area contributed by atoms with Gasteiger partial charge in [0.2, 0.25) is 0 Å². The summed E-state index contributed by atoms with van der Waals surface area (Å²) in [5, 5.41) is 14.6. The number of carbonyl (C=O) groups excluding carboxylic acids is 1. The number of hydrogen-bond donors (Lipinski definition) is 1. The first-order chi connectivity index (χ1) is 12.0. The zero-order valence-corrected chi connectivity index (χ0v) is 14.7. The van der Waals surface area contributed by atoms with E-state index >= 15 is 0 Å². The van der Waals surface area contributed by atoms with Crippen LogP contribution in [0.15, 0.2) is 42.5 Å². The molecule has 0 fully saturated rings. The molecular weight excluding hydrogens is 364 g/mol. The number of methoxy groups -OCH3 is 1. The van der Waals surface area contributed by atoms with Gasteiger partial charge in [-0.3, -0.25) is 14.9 Å². The third kappa shape index (κ3) is 3.57. The van der Waals surface area contributed by atoms with Crippen LogP contribution >= 0.6 is 22.9 Å². The molecule has 0 bridgehead atoms. The molecule has 0 aliphatic rings. The summed E-state index contributed by atoms with van der Waals surface area (Å²) < 4.78 is 5.69. The summed E-state index contributed by atoms with van der Waals surface area (Å²) >= 11 is 7.40. The number of fused-ring (bicyclic) bond motifs is 1. The number of nitro benzene ring substituents is 1. The molecule has 0 spiro atoms. The molecule has 6 nitrogen and oxygen atoms in total. The van der Waals surface area contributed by atoms with Crippen LogP contribution in [0.3, 0.4) is 0 Å². The number of amides is 1. The van der Waals surface area contributed by atoms with E-state index < -0.39 is 4.92 Å². The predicted molar refractivity (Wildman–Crippen MR) is 97.7 cm³/mol. The Morgan fingerprint density at radius 2 is 2.00 bits per heavy atom. The lowest BCUT2D eigenvalue weighted by Gasteiger charge is -2.05. The highest BCUT2D eigenvalue weighted by molar-refractivity contribution is 7.21. The van der Waals surface area contributed by atoms with Crippen molar-refractivity contribution in [3.63, 3.8) is 0 Å². The maximum atomic E-state index is 12.4. The third-order valence-corrected chi connectivity index (χ3v) is 5.30. The van der Waals surface area contributed by atoms with Crippen LogP contribution in [-0.4, -0.2) is 17.9 Å². The Bertz CT molecular complexity index is 953. The molecule has 1 aromatic heterocycles. The first-order valence-corrected chi connectivity index (χ1v) is 8.46. The number of nitrogens with zero attached hydrogens (tertiary/aromatic N) is 1. The fraction of sp³-hybridized carbons (Fsp3) is 0.118. The van der Waals surface area contributed by atoms with Crippen molar-refractivity contribution in [1.82, 2.24) is 5.32 Å². The Morgan fingerprint density at radius 3 is 2.64 bits per heavy atom. The summed E-state index contributed by atoms with van der Waals surface area (Å²) in [5.74, 6) is 0.425. The Balaban J connectivity index is 1.79. The van der Waals surface area contributed by atoms with Crippen molar-refractivity contribution in [3.8, 4) is 5.75 Å². The molecule has 1 heterocycles. The van der Waals surface area contributed by atoms with Crippen molar-refractivity contribution in [1.29, 1.82) is 0 Å². The number of nitro groups is 1. The Hall–Kier alpha value is -2.64. The van der Waals surface area contributed by atoms with Gasteiger partial charge >= 0.3 is 0 Å². The first kappa shape index (κ1) is 17.2. The molecule has 0 unspecified atom stereocenters. The SMILES string of the molecule is COc1ccc(CNC(=O)c2sc3cc([N+](=O)[O-])ccc3c2Cl)cc1. The topological polar surface area (TPSA) is 81.5 Å². The number of nitrogens with one attached hydrogen (secondary N) is 1. The van der Waals surface area contributed by atoms with Crippen LogP contribution in [0, 0.1) is 10.1 Å². The molecule has 3 aromatic rings. The van der Waals surface area contributed by atoms with E-state index in [9.17, 15) is 14.9 Å². The highest BCUT2D eigenvalue weighted by atomic mass is 35.5. The molecule has 0 saturated heterocycles. The monoisotopic (exact) mass is 376 g/mol. The lowest BCUT2D eigenvalue weighted by atomic mass is 10.2. The molecule has 8 heteroatoms. The second-order valence-electron chi connectivity index (χ2n) is 5.21. The van der Waals surface area contributed by atoms with E-state index in [2.05, 4.69) is 5.32 Å². The third-order valence-electron chi connectivity index (χ3n) is 3.64. The maximum Gasteiger partial charge on any atom is 0.270 e. The molecule has 1 amide bonds. The summed E-state index contributed by atoms with van der Waals surface area (Å²) in [5.41, 5.74) is 0.887. The summed E-state index contributed by atoms with van der Waals surface area (Å²) in [6.07, 6.45) is 0. The Labute approximate surface area is 152 Å². The number of rotatable bonds is 5. The van der Waals surface area contributed by atoms with Crippen LogP contribution in [0.2, 0.25) is 5.02 Å². The average molecular weight is 377 g/mol. The van der Waals surface area contributed by atoms with Crippen molar-refractivity contribution in [2.75, 3.05) is 7.11 Å². The van der Waals surface area contributed by atoms with Crippen LogP contribution in [0.1, 0.15) is 15.2 Å². The molecule has 3 rings (SSSR count). The van der Waals surface area contributed by atoms with Crippen LogP contribution in [0.4, 0.5) is 5.69 Å². The summed E-state index contributed by atoms with van der Waals surface area (Å²) in [7, 11) is 1.59. The van der Waals surface area contributed by atoms with Crippen molar-refractivity contribution < 1.29 is 14.5 Å². The quantitative estimate of drug-likeness (QED) is 0.528. The number of hydrogen-bond acceptors (Lipinski definition) is 5. The average Bonchev–Trinajstić information content (AvgIpc) is 2.96. The zero-order valence-electron chi connectivity index (χ0n) is 13.1. The van der Waals surface area contributed by atoms with E-state index in [0.717, 1.165) is 22.6 Å². The minimum Gasteiger partial charge on any atom is -0.497 e. The molecule has 25 heavy (non-hydrogen) atoms. The predicted octanol–water partition coefficient (Wildman–Crippen LogP) is 4.40. The Kier molecular flexibility index (Phi) is 4.87. The van der Waals surface area contributed by atoms with E-state index in [-0.39, 0.29) is 11.6 Å². The van der Waals surface area contributed by atoms with Gasteiger partial charge in [0.15, 0.2) is 0 Å². The second-order valence-corrected chi connectivity index (χ2v) is 6.64. The molecule has 1 N–H and O–H groups in total. The fourth-order valence-electron chi connectivity index (χ4n) is 2.32. The van der Waals surface area contributed by atoms with E-state index in [1.165, 1.54) is 12.1 Å². The lowest BCUT2D eigenvalue weighted by Crippen LogP contribution is -2.22. The summed E-state index contributed by atoms with van der Waals surface area (Å²) in [6, 6.07) is 11.7. The second kappa shape index (κ2) is 7.08. The van der Waals surface area contributed by atoms with Crippen molar-refractivity contribution in [3.05, 3.63) is 68.0 Å². The van der Waals surface area contributed by atoms with Crippen LogP contribution in [0.25, 0.3) is 10.1 Å². The van der Waals surface area contributed by atoms with Gasteiger partial charge in [-0.25, -0.2) is 0 Å². The van der Waals surface area contributed by atoms with E-state index in [0.29, 0.717) is 26.5 Å². The number of ether oxygens (including phenoxy) is 1. The van der Waals surface area contributed by atoms with Gasteiger partial charge in [-0.05, 0) is 23.8 Å². The van der Waals surface area contributed by atoms with Gasteiger partial charge in [-0.15, -0.1) is 11.3 Å². The van der Waals surface area contributed by atoms with E-state index in [4.69, 9.17) is 16.3 Å². The van der Waals surface area contributed by atoms with Gasteiger partial charge in [0.25, 0.3) is 11.6 Å². The minimum absolute atomic E-state index is 0.0318. The number of benzene rings is 2. The van der Waals surface area contributed by atoms with Gasteiger partial charge in [0.05, 0.1) is 17.1 Å². The smallest absolute Gasteiger partial charge is 0.270 e. The van der Waals surface area contributed by atoms with Gasteiger partial charge < -0.3 is 10.1 Å². The number of non-ortho nitro benzene ring substituents is 1. The zero-order chi connectivity index (χ0) is 18.0. The number of halogens is 1. The number of thiophene rings is 1. The van der Waals surface area contributed by atoms with Crippen molar-refractivity contribution >= 4 is 44.6 Å². The maximum absolute atomic E-state index is 12.4. The molecule has 0 atom stereocenters. The van der Waals surface area contributed by atoms with E-state index in [1.54, 1.807) is 13.2 Å². The number of carbonyl (C=O) groups is 1. The van der Waals surface area contributed by atoms with Crippen LogP contribution in [-0.2, 0) is 6.54 Å². The molecule has 0 aliphatic carbocycles. The minimum atomic E-state index is -0.476. The van der Waals surface area contributed by atoms with Gasteiger partial charge in [-0.2, -0.15) is 0 Å². The van der Waals surface area contributed by atoms with Crippen LogP contribution < -0.4 is 10.1 Å². The normalized spacial score (nSPS) is 10.6. The lowest BCUT2D eigenvalue weighted by molar-refractivity contribution is -0.384. The molecule has 0 aliphatic heterocycles. The molecule has 128 valence electrons. The highest BCUT2D eigenvalue weighted by Crippen LogP contribution is 2.37. The van der Waals surface area contributed by atoms with Gasteiger partial charge in [0.1, 0.15) is 10.6 Å². The molecule has 2 aromatic carbocycles. The van der Waals surface area contributed by atoms with Gasteiger partial charge in [-0.1, -0.05) is 23.7 Å². The van der Waals surface area contributed by atoms with Crippen molar-refractivity contribution in [2.45, 2.75) is 6.54 Å². The Morgan fingerprint density at radius 1 is 1.28 bits per heavy atom. The highest BCUT2D eigenvalue weighted by Gasteiger charge is 2.19. The largest absolute Gasteiger partial charge is 0.497 e. The first-order valence-electron chi connectivity index (χ1n) is 7.27. The molecular formula is C17H13ClN2O4S. The van der Waals surface area contributed by atoms with Crippen LogP contribution in [0.5, 0.6) is 5.75 Å². The van der Waals surface area contributed by atoms with Crippen molar-refractivity contribution in [2.24, 2.45) is 0 Å². The summed E-state index contributed by atoms with van der Waals surface area (Å²) in [6.45, 7) is 0.341. The molecule has 0 saturated carbocycles. The standard InChI is InChI=1S/C17H13ClN2O4S/c1-24-12-5-2-10(3-6-12)9-19-17(21)16-15(18)13-7-4-11(20(22)23)8-14(13)25-16/h2-8H,9H2,1H3,(H,19,21). The van der Waals surface area contributed by atoms with E-state index in [1.807, 2.05) is 24.3 Å². The molecule has 0 radical (unpaired) electrons. The van der Waals surface area contributed by atoms with Gasteiger partial charge in [0, 0.05) is 28.8 Å². The fourth-order valence-corrected chi connectivity index (χ4v) is 3.79. The summed E-state index contributed by atoms with van der Waals surface area (Å²) in [4.78, 5) is 23.1.